The second-order valence-electron chi connectivity index (χ2n) is 6.01. The van der Waals surface area contributed by atoms with Gasteiger partial charge in [-0.2, -0.15) is 0 Å². The number of carbonyl (C=O) groups is 2. The normalized spacial score (nSPS) is 43.8. The van der Waals surface area contributed by atoms with E-state index in [0.29, 0.717) is 0 Å². The van der Waals surface area contributed by atoms with E-state index in [0.717, 1.165) is 14.2 Å². The molecular weight excluding hydrogens is 399 g/mol. The van der Waals surface area contributed by atoms with Gasteiger partial charge in [-0.15, -0.1) is 0 Å². The van der Waals surface area contributed by atoms with Crippen molar-refractivity contribution < 1.29 is 93.5 Å². The minimum atomic E-state index is -1.95. The molecular formula is C14H21NaO13. The zero-order valence-corrected chi connectivity index (χ0v) is 17.3. The molecule has 0 amide bonds. The Bertz CT molecular complexity index is 547. The molecule has 2 fully saturated rings. The summed E-state index contributed by atoms with van der Waals surface area (Å²) < 4.78 is 24.7. The average Bonchev–Trinajstić information content (AvgIpc) is 2.62. The number of aliphatic carboxylic acids is 2. The third kappa shape index (κ3) is 5.00. The number of methoxy groups -OCH3 is 2. The molecule has 2 saturated heterocycles. The van der Waals surface area contributed by atoms with Crippen LogP contribution in [0.15, 0.2) is 0 Å². The maximum absolute atomic E-state index is 11.3. The molecule has 2 aliphatic rings. The minimum Gasteiger partial charge on any atom is -0.547 e. The van der Waals surface area contributed by atoms with Crippen molar-refractivity contribution in [3.63, 3.8) is 0 Å². The fraction of sp³-hybridized carbons (Fsp3) is 0.857. The van der Waals surface area contributed by atoms with Crippen LogP contribution >= 0.6 is 0 Å². The third-order valence-corrected chi connectivity index (χ3v) is 4.36. The summed E-state index contributed by atoms with van der Waals surface area (Å²) in [5.41, 5.74) is 0. The summed E-state index contributed by atoms with van der Waals surface area (Å²) in [6.07, 6.45) is -17.6. The predicted molar refractivity (Wildman–Crippen MR) is 76.7 cm³/mol. The minimum absolute atomic E-state index is 0. The van der Waals surface area contributed by atoms with Crippen LogP contribution < -0.4 is 34.7 Å². The number of rotatable bonds is 6. The van der Waals surface area contributed by atoms with Gasteiger partial charge < -0.3 is 59.1 Å². The smallest absolute Gasteiger partial charge is 0.547 e. The van der Waals surface area contributed by atoms with Gasteiger partial charge in [0.05, 0.1) is 5.97 Å². The Morgan fingerprint density at radius 1 is 0.821 bits per heavy atom. The van der Waals surface area contributed by atoms with E-state index in [1.54, 1.807) is 0 Å². The van der Waals surface area contributed by atoms with Gasteiger partial charge in [0.15, 0.2) is 18.7 Å². The molecule has 14 heteroatoms. The molecule has 10 atom stereocenters. The van der Waals surface area contributed by atoms with Crippen LogP contribution in [-0.2, 0) is 33.3 Å². The molecule has 0 radical (unpaired) electrons. The molecule has 28 heavy (non-hydrogen) atoms. The molecule has 10 unspecified atom stereocenters. The van der Waals surface area contributed by atoms with Crippen molar-refractivity contribution in [2.75, 3.05) is 14.2 Å². The SMILES string of the molecule is COC1OC(C(=O)[O-])C(OC2OC(C(=O)O)C(OC)C(O)C2O)C(O)C1O.[Na+]. The molecule has 0 spiro atoms. The third-order valence-electron chi connectivity index (χ3n) is 4.36. The van der Waals surface area contributed by atoms with Crippen LogP contribution in [0.2, 0.25) is 0 Å². The first-order valence-electron chi connectivity index (χ1n) is 7.81. The van der Waals surface area contributed by atoms with Gasteiger partial charge >= 0.3 is 35.5 Å². The summed E-state index contributed by atoms with van der Waals surface area (Å²) in [7, 11) is 2.19. The van der Waals surface area contributed by atoms with Gasteiger partial charge in [-0.25, -0.2) is 4.79 Å². The van der Waals surface area contributed by atoms with Gasteiger partial charge in [0, 0.05) is 14.2 Å². The van der Waals surface area contributed by atoms with E-state index in [2.05, 4.69) is 0 Å². The van der Waals surface area contributed by atoms with Gasteiger partial charge in [0.25, 0.3) is 0 Å². The Morgan fingerprint density at radius 2 is 1.32 bits per heavy atom. The van der Waals surface area contributed by atoms with Crippen LogP contribution in [-0.4, -0.2) is 113 Å². The van der Waals surface area contributed by atoms with Crippen LogP contribution in [0.5, 0.6) is 0 Å². The number of carboxylic acids is 2. The van der Waals surface area contributed by atoms with Crippen molar-refractivity contribution in [3.05, 3.63) is 0 Å². The number of carbonyl (C=O) groups excluding carboxylic acids is 1. The van der Waals surface area contributed by atoms with E-state index in [1.807, 2.05) is 0 Å². The summed E-state index contributed by atoms with van der Waals surface area (Å²) in [4.78, 5) is 22.6. The molecule has 0 saturated carbocycles. The Kier molecular flexibility index (Phi) is 9.66. The number of hydrogen-bond donors (Lipinski definition) is 5. The van der Waals surface area contributed by atoms with Crippen LogP contribution in [0.4, 0.5) is 0 Å². The molecule has 2 aliphatic heterocycles. The van der Waals surface area contributed by atoms with Crippen LogP contribution in [0.25, 0.3) is 0 Å². The number of carboxylic acid groups (broad SMARTS) is 2. The van der Waals surface area contributed by atoms with E-state index >= 15 is 0 Å². The van der Waals surface area contributed by atoms with E-state index in [1.165, 1.54) is 0 Å². The molecule has 5 N–H and O–H groups in total. The quantitative estimate of drug-likeness (QED) is 0.254. The molecule has 2 heterocycles. The van der Waals surface area contributed by atoms with Gasteiger partial charge in [-0.1, -0.05) is 0 Å². The van der Waals surface area contributed by atoms with Crippen molar-refractivity contribution in [1.29, 1.82) is 0 Å². The summed E-state index contributed by atoms with van der Waals surface area (Å²) >= 11 is 0. The van der Waals surface area contributed by atoms with E-state index in [-0.39, 0.29) is 29.6 Å². The molecule has 156 valence electrons. The Labute approximate surface area is 181 Å². The maximum atomic E-state index is 11.3. The first-order valence-corrected chi connectivity index (χ1v) is 7.81. The van der Waals surface area contributed by atoms with Gasteiger partial charge in [-0.3, -0.25) is 0 Å². The monoisotopic (exact) mass is 420 g/mol. The second kappa shape index (κ2) is 10.6. The fourth-order valence-corrected chi connectivity index (χ4v) is 2.94. The zero-order chi connectivity index (χ0) is 20.5. The predicted octanol–water partition coefficient (Wildman–Crippen LogP) is -8.24. The standard InChI is InChI=1S/C14H22O13.Na/c1-23-7-3(15)6(18)14(27-9(7)11(19)20)25-8-4(16)5(17)13(24-2)26-10(8)12(21)22;/h3-10,13-18H,1-2H3,(H,19,20)(H,21,22);/q;+1/p-1. The Balaban J connectivity index is 0.00000392. The van der Waals surface area contributed by atoms with Crippen molar-refractivity contribution in [2.45, 2.75) is 61.4 Å². The summed E-state index contributed by atoms with van der Waals surface area (Å²) in [5, 5.41) is 60.7. The van der Waals surface area contributed by atoms with Crippen molar-refractivity contribution in [1.82, 2.24) is 0 Å². The van der Waals surface area contributed by atoms with Crippen molar-refractivity contribution in [2.24, 2.45) is 0 Å². The van der Waals surface area contributed by atoms with E-state index < -0.39 is 73.4 Å². The van der Waals surface area contributed by atoms with Crippen molar-refractivity contribution >= 4 is 11.9 Å². The summed E-state index contributed by atoms with van der Waals surface area (Å²) in [6.45, 7) is 0. The van der Waals surface area contributed by atoms with Crippen LogP contribution in [0.1, 0.15) is 0 Å². The molecule has 0 aromatic heterocycles. The van der Waals surface area contributed by atoms with Crippen LogP contribution in [0, 0.1) is 0 Å². The largest absolute Gasteiger partial charge is 1.00 e. The molecule has 0 aromatic carbocycles. The zero-order valence-electron chi connectivity index (χ0n) is 15.3. The molecule has 2 rings (SSSR count). The molecule has 0 aliphatic carbocycles. The Hall–Kier alpha value is -0.420. The van der Waals surface area contributed by atoms with Gasteiger partial charge in [0.1, 0.15) is 42.7 Å². The number of ether oxygens (including phenoxy) is 5. The Morgan fingerprint density at radius 3 is 1.79 bits per heavy atom. The number of aliphatic hydroxyl groups excluding tert-OH is 4. The number of hydrogen-bond acceptors (Lipinski definition) is 12. The van der Waals surface area contributed by atoms with E-state index in [4.69, 9.17) is 23.7 Å². The summed E-state index contributed by atoms with van der Waals surface area (Å²) in [6, 6.07) is 0. The summed E-state index contributed by atoms with van der Waals surface area (Å²) in [5.74, 6) is -3.37. The number of aliphatic hydroxyl groups is 4. The molecule has 13 nitrogen and oxygen atoms in total. The van der Waals surface area contributed by atoms with Crippen LogP contribution in [0.3, 0.4) is 0 Å². The molecule has 0 bridgehead atoms. The first-order chi connectivity index (χ1) is 12.6. The first kappa shape index (κ1) is 25.6. The fourth-order valence-electron chi connectivity index (χ4n) is 2.94. The van der Waals surface area contributed by atoms with E-state index in [9.17, 15) is 40.2 Å². The van der Waals surface area contributed by atoms with Gasteiger partial charge in [-0.05, 0) is 0 Å². The van der Waals surface area contributed by atoms with Crippen molar-refractivity contribution in [3.8, 4) is 0 Å². The second-order valence-corrected chi connectivity index (χ2v) is 6.01. The topological polar surface area (TPSA) is 204 Å². The molecule has 0 aromatic rings. The average molecular weight is 420 g/mol. The van der Waals surface area contributed by atoms with Gasteiger partial charge in [0.2, 0.25) is 0 Å². The maximum Gasteiger partial charge on any atom is 1.00 e.